The molecule has 6 nitrogen and oxygen atoms in total. The van der Waals surface area contributed by atoms with Gasteiger partial charge in [0.25, 0.3) is 0 Å². The number of carbonyl (C=O) groups is 2. The van der Waals surface area contributed by atoms with E-state index in [0.29, 0.717) is 31.0 Å². The average Bonchev–Trinajstić information content (AvgIpc) is 3.12. The highest BCUT2D eigenvalue weighted by Crippen LogP contribution is 2.27. The van der Waals surface area contributed by atoms with E-state index < -0.39 is 5.92 Å². The molecule has 0 unspecified atom stereocenters. The maximum atomic E-state index is 13.1. The molecule has 1 aromatic carbocycles. The summed E-state index contributed by atoms with van der Waals surface area (Å²) in [5.74, 6) is -0.877. The molecule has 1 saturated heterocycles. The quantitative estimate of drug-likeness (QED) is 0.799. The normalized spacial score (nSPS) is 17.2. The number of aromatic nitrogens is 1. The summed E-state index contributed by atoms with van der Waals surface area (Å²) >= 11 is 0. The number of amides is 2. The van der Waals surface area contributed by atoms with Gasteiger partial charge in [-0.25, -0.2) is 4.39 Å². The van der Waals surface area contributed by atoms with Crippen LogP contribution in [0.1, 0.15) is 23.4 Å². The van der Waals surface area contributed by atoms with Crippen LogP contribution in [-0.2, 0) is 16.1 Å². The third-order valence-electron chi connectivity index (χ3n) is 4.59. The second-order valence-electron chi connectivity index (χ2n) is 6.30. The van der Waals surface area contributed by atoms with E-state index in [1.54, 1.807) is 26.1 Å². The minimum atomic E-state index is -0.712. The summed E-state index contributed by atoms with van der Waals surface area (Å²) in [7, 11) is 1.67. The van der Waals surface area contributed by atoms with Gasteiger partial charge in [0, 0.05) is 24.8 Å². The first kappa shape index (κ1) is 17.1. The predicted octanol–water partition coefficient (Wildman–Crippen LogP) is 2.44. The van der Waals surface area contributed by atoms with Crippen LogP contribution in [0.15, 0.2) is 28.8 Å². The molecule has 0 N–H and O–H groups in total. The highest BCUT2D eigenvalue weighted by molar-refractivity contribution is 6.09. The average molecular weight is 345 g/mol. The van der Waals surface area contributed by atoms with E-state index in [1.807, 2.05) is 6.92 Å². The van der Waals surface area contributed by atoms with Gasteiger partial charge in [0.1, 0.15) is 17.5 Å². The molecule has 2 amide bonds. The Hall–Kier alpha value is -2.70. The molecule has 0 saturated carbocycles. The van der Waals surface area contributed by atoms with Crippen molar-refractivity contribution in [2.24, 2.45) is 5.92 Å². The van der Waals surface area contributed by atoms with Crippen LogP contribution in [0.3, 0.4) is 0 Å². The van der Waals surface area contributed by atoms with Crippen molar-refractivity contribution in [3.8, 4) is 0 Å². The van der Waals surface area contributed by atoms with Crippen molar-refractivity contribution in [2.75, 3.05) is 18.5 Å². The molecular weight excluding hydrogens is 325 g/mol. The van der Waals surface area contributed by atoms with E-state index >= 15 is 0 Å². The Morgan fingerprint density at radius 1 is 1.36 bits per heavy atom. The molecule has 0 bridgehead atoms. The van der Waals surface area contributed by atoms with Gasteiger partial charge in [-0.15, -0.1) is 0 Å². The molecule has 1 atom stereocenters. The molecule has 0 aliphatic carbocycles. The van der Waals surface area contributed by atoms with Crippen LogP contribution >= 0.6 is 0 Å². The van der Waals surface area contributed by atoms with Crippen molar-refractivity contribution in [2.45, 2.75) is 26.8 Å². The van der Waals surface area contributed by atoms with Crippen molar-refractivity contribution >= 4 is 17.5 Å². The van der Waals surface area contributed by atoms with E-state index in [4.69, 9.17) is 4.52 Å². The smallest absolute Gasteiger partial charge is 0.239 e. The van der Waals surface area contributed by atoms with E-state index in [0.717, 1.165) is 11.3 Å². The molecule has 7 heteroatoms. The second-order valence-corrected chi connectivity index (χ2v) is 6.30. The molecule has 0 spiro atoms. The van der Waals surface area contributed by atoms with Gasteiger partial charge in [-0.2, -0.15) is 0 Å². The fourth-order valence-corrected chi connectivity index (χ4v) is 3.10. The third-order valence-corrected chi connectivity index (χ3v) is 4.59. The van der Waals surface area contributed by atoms with Gasteiger partial charge in [-0.05, 0) is 44.5 Å². The Morgan fingerprint density at radius 3 is 2.64 bits per heavy atom. The van der Waals surface area contributed by atoms with E-state index in [-0.39, 0.29) is 17.6 Å². The van der Waals surface area contributed by atoms with Crippen LogP contribution in [0, 0.1) is 25.6 Å². The fraction of sp³-hybridized carbons (Fsp3) is 0.389. The summed E-state index contributed by atoms with van der Waals surface area (Å²) in [4.78, 5) is 28.4. The van der Waals surface area contributed by atoms with Gasteiger partial charge in [0.05, 0.1) is 12.2 Å². The second kappa shape index (κ2) is 6.66. The molecule has 2 heterocycles. The summed E-state index contributed by atoms with van der Waals surface area (Å²) in [6, 6.07) is 5.71. The van der Waals surface area contributed by atoms with Crippen LogP contribution in [0.25, 0.3) is 0 Å². The molecule has 25 heavy (non-hydrogen) atoms. The number of benzene rings is 1. The van der Waals surface area contributed by atoms with Gasteiger partial charge in [0.15, 0.2) is 0 Å². The van der Waals surface area contributed by atoms with Crippen molar-refractivity contribution in [1.82, 2.24) is 10.1 Å². The monoisotopic (exact) mass is 345 g/mol. The number of halogens is 1. The summed E-state index contributed by atoms with van der Waals surface area (Å²) in [6.45, 7) is 4.41. The first-order valence-electron chi connectivity index (χ1n) is 8.12. The zero-order valence-corrected chi connectivity index (χ0v) is 14.5. The Bertz CT molecular complexity index is 781. The largest absolute Gasteiger partial charge is 0.361 e. The molecule has 1 fully saturated rings. The van der Waals surface area contributed by atoms with Crippen LogP contribution in [-0.4, -0.2) is 35.5 Å². The van der Waals surface area contributed by atoms with Crippen LogP contribution < -0.4 is 4.90 Å². The van der Waals surface area contributed by atoms with Crippen LogP contribution in [0.4, 0.5) is 10.1 Å². The number of aryl methyl sites for hydroxylation is 2. The van der Waals surface area contributed by atoms with E-state index in [1.165, 1.54) is 21.9 Å². The number of rotatable bonds is 4. The maximum Gasteiger partial charge on any atom is 0.239 e. The van der Waals surface area contributed by atoms with Crippen LogP contribution in [0.5, 0.6) is 0 Å². The number of hydrogen-bond acceptors (Lipinski definition) is 4. The zero-order valence-electron chi connectivity index (χ0n) is 14.5. The number of hydrogen-bond donors (Lipinski definition) is 0. The third kappa shape index (κ3) is 3.26. The SMILES string of the molecule is Cc1noc(C)c1CN(C)C(=O)[C@@H]1CCN(c2ccc(F)cc2)C1=O. The minimum Gasteiger partial charge on any atom is -0.361 e. The van der Waals surface area contributed by atoms with Gasteiger partial charge >= 0.3 is 0 Å². The lowest BCUT2D eigenvalue weighted by Crippen LogP contribution is -2.37. The van der Waals surface area contributed by atoms with Crippen molar-refractivity contribution < 1.29 is 18.5 Å². The summed E-state index contributed by atoms with van der Waals surface area (Å²) in [6.07, 6.45) is 0.445. The Balaban J connectivity index is 1.70. The van der Waals surface area contributed by atoms with Gasteiger partial charge < -0.3 is 14.3 Å². The maximum absolute atomic E-state index is 13.1. The van der Waals surface area contributed by atoms with Gasteiger partial charge in [-0.3, -0.25) is 9.59 Å². The standard InChI is InChI=1S/C18H20FN3O3/c1-11-16(12(2)25-20-11)10-21(3)17(23)15-8-9-22(18(15)24)14-6-4-13(19)5-7-14/h4-7,15H,8-10H2,1-3H3/t15-/m0/s1. The lowest BCUT2D eigenvalue weighted by atomic mass is 10.1. The number of nitrogens with zero attached hydrogens (tertiary/aromatic N) is 3. The highest BCUT2D eigenvalue weighted by Gasteiger charge is 2.39. The van der Waals surface area contributed by atoms with Crippen LogP contribution in [0.2, 0.25) is 0 Å². The fourth-order valence-electron chi connectivity index (χ4n) is 3.10. The van der Waals surface area contributed by atoms with E-state index in [2.05, 4.69) is 5.16 Å². The molecule has 0 radical (unpaired) electrons. The van der Waals surface area contributed by atoms with Crippen molar-refractivity contribution in [3.63, 3.8) is 0 Å². The number of carbonyl (C=O) groups excluding carboxylic acids is 2. The Morgan fingerprint density at radius 2 is 2.04 bits per heavy atom. The Labute approximate surface area is 145 Å². The van der Waals surface area contributed by atoms with Crippen molar-refractivity contribution in [1.29, 1.82) is 0 Å². The highest BCUT2D eigenvalue weighted by atomic mass is 19.1. The lowest BCUT2D eigenvalue weighted by molar-refractivity contribution is -0.139. The summed E-state index contributed by atoms with van der Waals surface area (Å²) < 4.78 is 18.2. The first-order chi connectivity index (χ1) is 11.9. The molecule has 1 aromatic heterocycles. The molecular formula is C18H20FN3O3. The molecule has 132 valence electrons. The molecule has 1 aliphatic heterocycles. The summed E-state index contributed by atoms with van der Waals surface area (Å²) in [5.41, 5.74) is 2.20. The topological polar surface area (TPSA) is 66.7 Å². The molecule has 2 aromatic rings. The molecule has 1 aliphatic rings. The first-order valence-corrected chi connectivity index (χ1v) is 8.12. The summed E-state index contributed by atoms with van der Waals surface area (Å²) in [5, 5.41) is 3.88. The predicted molar refractivity (Wildman–Crippen MR) is 89.3 cm³/mol. The zero-order chi connectivity index (χ0) is 18.1. The number of anilines is 1. The van der Waals surface area contributed by atoms with Gasteiger partial charge in [-0.1, -0.05) is 5.16 Å². The van der Waals surface area contributed by atoms with E-state index in [9.17, 15) is 14.0 Å². The van der Waals surface area contributed by atoms with Crippen molar-refractivity contribution in [3.05, 3.63) is 47.1 Å². The minimum absolute atomic E-state index is 0.227. The molecule has 3 rings (SSSR count). The lowest BCUT2D eigenvalue weighted by Gasteiger charge is -2.21. The Kier molecular flexibility index (Phi) is 4.57. The van der Waals surface area contributed by atoms with Gasteiger partial charge in [0.2, 0.25) is 11.8 Å².